The highest BCUT2D eigenvalue weighted by atomic mass is 79.9. The van der Waals surface area contributed by atoms with E-state index in [-0.39, 0.29) is 5.91 Å². The lowest BCUT2D eigenvalue weighted by atomic mass is 10.1. The number of halogens is 2. The van der Waals surface area contributed by atoms with Crippen molar-refractivity contribution in [3.63, 3.8) is 0 Å². The molecule has 4 nitrogen and oxygen atoms in total. The molecule has 1 N–H and O–H groups in total. The van der Waals surface area contributed by atoms with Gasteiger partial charge in [0.25, 0.3) is 0 Å². The maximum absolute atomic E-state index is 12.2. The van der Waals surface area contributed by atoms with E-state index in [1.54, 1.807) is 18.0 Å². The van der Waals surface area contributed by atoms with Gasteiger partial charge in [-0.1, -0.05) is 46.3 Å². The number of hydrogen-bond acceptors (Lipinski definition) is 3. The van der Waals surface area contributed by atoms with Gasteiger partial charge in [-0.2, -0.15) is 5.10 Å². The zero-order valence-corrected chi connectivity index (χ0v) is 22.0. The van der Waals surface area contributed by atoms with Crippen molar-refractivity contribution in [1.29, 1.82) is 0 Å². The van der Waals surface area contributed by atoms with Crippen LogP contribution < -0.4 is 5.43 Å². The van der Waals surface area contributed by atoms with Crippen molar-refractivity contribution in [2.45, 2.75) is 33.4 Å². The summed E-state index contributed by atoms with van der Waals surface area (Å²) in [6.45, 7) is 8.35. The number of aromatic nitrogens is 1. The van der Waals surface area contributed by atoms with Crippen LogP contribution in [0.25, 0.3) is 5.69 Å². The van der Waals surface area contributed by atoms with Gasteiger partial charge in [-0.05, 0) is 72.4 Å². The molecule has 31 heavy (non-hydrogen) atoms. The Balaban J connectivity index is 1.66. The van der Waals surface area contributed by atoms with Crippen LogP contribution in [0.1, 0.15) is 33.6 Å². The van der Waals surface area contributed by atoms with Crippen LogP contribution in [0.2, 0.25) is 0 Å². The number of amides is 1. The molecule has 0 aliphatic carbocycles. The molecular formula is C24H25Br2N3OS. The first-order valence-corrected chi connectivity index (χ1v) is 12.6. The van der Waals surface area contributed by atoms with Gasteiger partial charge < -0.3 is 4.57 Å². The highest BCUT2D eigenvalue weighted by Crippen LogP contribution is 2.31. The van der Waals surface area contributed by atoms with E-state index in [2.05, 4.69) is 98.9 Å². The van der Waals surface area contributed by atoms with Crippen LogP contribution >= 0.6 is 43.6 Å². The van der Waals surface area contributed by atoms with Crippen molar-refractivity contribution in [2.75, 3.05) is 5.75 Å². The third kappa shape index (κ3) is 5.70. The molecule has 1 amide bonds. The molecule has 3 rings (SSSR count). The van der Waals surface area contributed by atoms with Crippen LogP contribution in [0.5, 0.6) is 0 Å². The van der Waals surface area contributed by atoms with Crippen LogP contribution in [-0.4, -0.2) is 22.4 Å². The zero-order valence-electron chi connectivity index (χ0n) is 18.0. The SMILES string of the molecule is Cc1ccc(C)c(-n2c(C)c(Br)c(/C=N\NC(=O)CSCc3ccccc3Br)c2C)c1. The Hall–Kier alpha value is -1.83. The molecule has 1 heterocycles. The maximum atomic E-state index is 12.2. The molecule has 162 valence electrons. The van der Waals surface area contributed by atoms with E-state index in [0.29, 0.717) is 5.75 Å². The fourth-order valence-corrected chi connectivity index (χ4v) is 5.37. The number of rotatable bonds is 7. The van der Waals surface area contributed by atoms with Crippen LogP contribution in [0.4, 0.5) is 0 Å². The van der Waals surface area contributed by atoms with E-state index in [1.165, 1.54) is 16.7 Å². The summed E-state index contributed by atoms with van der Waals surface area (Å²) in [5, 5.41) is 4.20. The molecular weight excluding hydrogens is 538 g/mol. The van der Waals surface area contributed by atoms with Crippen molar-refractivity contribution in [3.8, 4) is 5.69 Å². The number of nitrogens with one attached hydrogen (secondary N) is 1. The fourth-order valence-electron chi connectivity index (χ4n) is 3.37. The molecule has 0 spiro atoms. The van der Waals surface area contributed by atoms with E-state index < -0.39 is 0 Å². The molecule has 1 aromatic heterocycles. The second-order valence-corrected chi connectivity index (χ2v) is 10.0. The number of hydrogen-bond donors (Lipinski definition) is 1. The van der Waals surface area contributed by atoms with Crippen LogP contribution in [0.3, 0.4) is 0 Å². The average molecular weight is 563 g/mol. The summed E-state index contributed by atoms with van der Waals surface area (Å²) < 4.78 is 4.26. The maximum Gasteiger partial charge on any atom is 0.250 e. The largest absolute Gasteiger partial charge is 0.316 e. The minimum Gasteiger partial charge on any atom is -0.316 e. The second-order valence-electron chi connectivity index (χ2n) is 7.40. The topological polar surface area (TPSA) is 46.4 Å². The molecule has 2 aromatic carbocycles. The highest BCUT2D eigenvalue weighted by Gasteiger charge is 2.17. The minimum absolute atomic E-state index is 0.118. The number of benzene rings is 2. The Morgan fingerprint density at radius 1 is 1.10 bits per heavy atom. The normalized spacial score (nSPS) is 11.3. The summed E-state index contributed by atoms with van der Waals surface area (Å²) in [6.07, 6.45) is 1.71. The molecule has 0 atom stereocenters. The molecule has 0 fully saturated rings. The van der Waals surface area contributed by atoms with E-state index in [4.69, 9.17) is 0 Å². The second kappa shape index (κ2) is 10.7. The molecule has 0 aliphatic rings. The predicted molar refractivity (Wildman–Crippen MR) is 138 cm³/mol. The monoisotopic (exact) mass is 561 g/mol. The van der Waals surface area contributed by atoms with Crippen LogP contribution in [0.15, 0.2) is 56.5 Å². The van der Waals surface area contributed by atoms with Crippen molar-refractivity contribution in [2.24, 2.45) is 5.10 Å². The molecule has 0 bridgehead atoms. The number of carbonyl (C=O) groups is 1. The summed E-state index contributed by atoms with van der Waals surface area (Å²) in [7, 11) is 0. The van der Waals surface area contributed by atoms with Crippen LogP contribution in [0, 0.1) is 27.7 Å². The van der Waals surface area contributed by atoms with Gasteiger partial charge in [-0.25, -0.2) is 5.43 Å². The van der Waals surface area contributed by atoms with Crippen molar-refractivity contribution in [3.05, 3.63) is 85.1 Å². The van der Waals surface area contributed by atoms with Crippen molar-refractivity contribution >= 4 is 55.7 Å². The van der Waals surface area contributed by atoms with Crippen molar-refractivity contribution < 1.29 is 4.79 Å². The summed E-state index contributed by atoms with van der Waals surface area (Å²) in [6, 6.07) is 14.5. The molecule has 7 heteroatoms. The fraction of sp³-hybridized carbons (Fsp3) is 0.250. The van der Waals surface area contributed by atoms with Gasteiger partial charge in [0.05, 0.1) is 12.0 Å². The molecule has 0 aliphatic heterocycles. The average Bonchev–Trinajstić information content (AvgIpc) is 2.94. The summed E-state index contributed by atoms with van der Waals surface area (Å²) in [5.41, 5.74) is 10.5. The number of carbonyl (C=O) groups excluding carboxylic acids is 1. The molecule has 0 unspecified atom stereocenters. The summed E-state index contributed by atoms with van der Waals surface area (Å²) in [4.78, 5) is 12.2. The quantitative estimate of drug-likeness (QED) is 0.260. The summed E-state index contributed by atoms with van der Waals surface area (Å²) in [5.74, 6) is 0.996. The Labute approximate surface area is 204 Å². The minimum atomic E-state index is -0.118. The summed E-state index contributed by atoms with van der Waals surface area (Å²) >= 11 is 8.79. The van der Waals surface area contributed by atoms with E-state index in [1.807, 2.05) is 18.2 Å². The van der Waals surface area contributed by atoms with Gasteiger partial charge in [0.15, 0.2) is 0 Å². The van der Waals surface area contributed by atoms with E-state index in [0.717, 1.165) is 37.3 Å². The van der Waals surface area contributed by atoms with Gasteiger partial charge in [-0.15, -0.1) is 11.8 Å². The van der Waals surface area contributed by atoms with Gasteiger partial charge >= 0.3 is 0 Å². The Bertz CT molecular complexity index is 1140. The third-order valence-electron chi connectivity index (χ3n) is 5.05. The van der Waals surface area contributed by atoms with Gasteiger partial charge in [0.1, 0.15) is 0 Å². The van der Waals surface area contributed by atoms with Crippen LogP contribution in [-0.2, 0) is 10.5 Å². The van der Waals surface area contributed by atoms with E-state index in [9.17, 15) is 4.79 Å². The lowest BCUT2D eigenvalue weighted by Gasteiger charge is -2.13. The standard InChI is InChI=1S/C24H25Br2N3OS/c1-15-9-10-16(2)22(11-15)29-17(3)20(24(26)18(29)4)12-27-28-23(30)14-31-13-19-7-5-6-8-21(19)25/h5-12H,13-14H2,1-4H3,(H,28,30)/b27-12-. The van der Waals surface area contributed by atoms with Gasteiger partial charge in [0.2, 0.25) is 5.91 Å². The molecule has 0 radical (unpaired) electrons. The van der Waals surface area contributed by atoms with Gasteiger partial charge in [0, 0.05) is 37.3 Å². The number of thioether (sulfide) groups is 1. The first-order valence-electron chi connectivity index (χ1n) is 9.87. The molecule has 3 aromatic rings. The number of nitrogens with zero attached hydrogens (tertiary/aromatic N) is 2. The predicted octanol–water partition coefficient (Wildman–Crippen LogP) is 6.62. The number of hydrazone groups is 1. The zero-order chi connectivity index (χ0) is 22.5. The Kier molecular flexibility index (Phi) is 8.19. The lowest BCUT2D eigenvalue weighted by molar-refractivity contribution is -0.118. The van der Waals surface area contributed by atoms with Gasteiger partial charge in [-0.3, -0.25) is 4.79 Å². The Morgan fingerprint density at radius 2 is 1.84 bits per heavy atom. The Morgan fingerprint density at radius 3 is 2.58 bits per heavy atom. The van der Waals surface area contributed by atoms with E-state index >= 15 is 0 Å². The smallest absolute Gasteiger partial charge is 0.250 e. The first-order chi connectivity index (χ1) is 14.8. The highest BCUT2D eigenvalue weighted by molar-refractivity contribution is 9.10. The van der Waals surface area contributed by atoms with Crippen molar-refractivity contribution in [1.82, 2.24) is 9.99 Å². The molecule has 0 saturated carbocycles. The molecule has 0 saturated heterocycles. The lowest BCUT2D eigenvalue weighted by Crippen LogP contribution is -2.19. The number of aryl methyl sites for hydroxylation is 2. The third-order valence-corrected chi connectivity index (χ3v) is 7.81. The first kappa shape index (κ1) is 23.8.